The Bertz CT molecular complexity index is 616. The van der Waals surface area contributed by atoms with E-state index >= 15 is 0 Å². The second-order valence-corrected chi connectivity index (χ2v) is 4.31. The second-order valence-electron chi connectivity index (χ2n) is 4.31. The van der Waals surface area contributed by atoms with Crippen molar-refractivity contribution in [3.8, 4) is 11.1 Å². The molecule has 2 aromatic rings. The first kappa shape index (κ1) is 10.1. The summed E-state index contributed by atoms with van der Waals surface area (Å²) in [5.41, 5.74) is 10.5. The SMILES string of the molecule is [CH2]C1c2ccccc2-c2ccc(C(N)=O)cc21. The van der Waals surface area contributed by atoms with Crippen LogP contribution in [0.4, 0.5) is 0 Å². The van der Waals surface area contributed by atoms with Gasteiger partial charge >= 0.3 is 0 Å². The minimum absolute atomic E-state index is 0.0838. The average Bonchev–Trinajstić information content (AvgIpc) is 2.64. The van der Waals surface area contributed by atoms with Gasteiger partial charge in [0.05, 0.1) is 0 Å². The van der Waals surface area contributed by atoms with Crippen molar-refractivity contribution in [1.82, 2.24) is 0 Å². The summed E-state index contributed by atoms with van der Waals surface area (Å²) >= 11 is 0. The average molecular weight is 222 g/mol. The Morgan fingerprint density at radius 2 is 1.76 bits per heavy atom. The summed E-state index contributed by atoms with van der Waals surface area (Å²) in [6, 6.07) is 13.8. The lowest BCUT2D eigenvalue weighted by Gasteiger charge is -2.06. The molecule has 1 aliphatic rings. The van der Waals surface area contributed by atoms with Gasteiger partial charge in [0.15, 0.2) is 0 Å². The van der Waals surface area contributed by atoms with Crippen LogP contribution in [0.2, 0.25) is 0 Å². The van der Waals surface area contributed by atoms with E-state index in [0.29, 0.717) is 5.56 Å². The van der Waals surface area contributed by atoms with E-state index in [1.165, 1.54) is 11.1 Å². The first-order valence-corrected chi connectivity index (χ1v) is 5.54. The Kier molecular flexibility index (Phi) is 2.05. The molecule has 0 saturated carbocycles. The van der Waals surface area contributed by atoms with Crippen LogP contribution in [0.1, 0.15) is 27.4 Å². The zero-order valence-electron chi connectivity index (χ0n) is 9.31. The summed E-state index contributed by atoms with van der Waals surface area (Å²) in [4.78, 5) is 11.2. The van der Waals surface area contributed by atoms with Crippen LogP contribution in [0.25, 0.3) is 11.1 Å². The van der Waals surface area contributed by atoms with Crippen LogP contribution in [0.15, 0.2) is 42.5 Å². The molecule has 1 aliphatic carbocycles. The Morgan fingerprint density at radius 3 is 2.53 bits per heavy atom. The molecular formula is C15H12NO. The molecule has 0 bridgehead atoms. The minimum atomic E-state index is -0.393. The van der Waals surface area contributed by atoms with Crippen molar-refractivity contribution in [2.45, 2.75) is 5.92 Å². The summed E-state index contributed by atoms with van der Waals surface area (Å²) in [6.07, 6.45) is 0. The van der Waals surface area contributed by atoms with E-state index in [9.17, 15) is 4.79 Å². The van der Waals surface area contributed by atoms with E-state index in [2.05, 4.69) is 19.1 Å². The van der Waals surface area contributed by atoms with Gasteiger partial charge in [0, 0.05) is 11.5 Å². The molecule has 1 atom stereocenters. The van der Waals surface area contributed by atoms with Crippen molar-refractivity contribution in [2.24, 2.45) is 5.73 Å². The topological polar surface area (TPSA) is 43.1 Å². The number of rotatable bonds is 1. The quantitative estimate of drug-likeness (QED) is 0.792. The van der Waals surface area contributed by atoms with E-state index in [-0.39, 0.29) is 5.92 Å². The highest BCUT2D eigenvalue weighted by Crippen LogP contribution is 2.44. The smallest absolute Gasteiger partial charge is 0.248 e. The number of primary amides is 1. The fraction of sp³-hybridized carbons (Fsp3) is 0.0667. The van der Waals surface area contributed by atoms with E-state index in [4.69, 9.17) is 5.73 Å². The van der Waals surface area contributed by atoms with Crippen LogP contribution >= 0.6 is 0 Å². The van der Waals surface area contributed by atoms with E-state index in [0.717, 1.165) is 11.1 Å². The molecule has 2 heteroatoms. The van der Waals surface area contributed by atoms with Crippen molar-refractivity contribution in [1.29, 1.82) is 0 Å². The number of benzene rings is 2. The summed E-state index contributed by atoms with van der Waals surface area (Å²) in [6.45, 7) is 4.17. The van der Waals surface area contributed by atoms with Crippen LogP contribution in [0.3, 0.4) is 0 Å². The lowest BCUT2D eigenvalue weighted by molar-refractivity contribution is 0.1000. The summed E-state index contributed by atoms with van der Waals surface area (Å²) in [5, 5.41) is 0. The number of hydrogen-bond donors (Lipinski definition) is 1. The molecular weight excluding hydrogens is 210 g/mol. The van der Waals surface area contributed by atoms with Gasteiger partial charge in [-0.05, 0) is 41.3 Å². The van der Waals surface area contributed by atoms with Gasteiger partial charge < -0.3 is 5.73 Å². The van der Waals surface area contributed by atoms with Crippen LogP contribution in [0, 0.1) is 6.92 Å². The highest BCUT2D eigenvalue weighted by atomic mass is 16.1. The minimum Gasteiger partial charge on any atom is -0.366 e. The van der Waals surface area contributed by atoms with Gasteiger partial charge in [0.25, 0.3) is 0 Å². The number of nitrogens with two attached hydrogens (primary N) is 1. The fourth-order valence-corrected chi connectivity index (χ4v) is 2.46. The first-order valence-electron chi connectivity index (χ1n) is 5.54. The maximum Gasteiger partial charge on any atom is 0.248 e. The third-order valence-corrected chi connectivity index (χ3v) is 3.34. The molecule has 3 rings (SSSR count). The molecule has 83 valence electrons. The normalized spacial score (nSPS) is 16.4. The number of amides is 1. The number of carbonyl (C=O) groups is 1. The van der Waals surface area contributed by atoms with E-state index in [1.54, 1.807) is 6.07 Å². The largest absolute Gasteiger partial charge is 0.366 e. The van der Waals surface area contributed by atoms with E-state index < -0.39 is 5.91 Å². The van der Waals surface area contributed by atoms with Gasteiger partial charge in [-0.2, -0.15) is 0 Å². The van der Waals surface area contributed by atoms with Crippen molar-refractivity contribution in [2.75, 3.05) is 0 Å². The van der Waals surface area contributed by atoms with Crippen LogP contribution < -0.4 is 5.73 Å². The lowest BCUT2D eigenvalue weighted by atomic mass is 9.98. The number of carbonyl (C=O) groups excluding carboxylic acids is 1. The molecule has 0 aliphatic heterocycles. The number of fused-ring (bicyclic) bond motifs is 3. The molecule has 2 aromatic carbocycles. The van der Waals surface area contributed by atoms with Gasteiger partial charge in [0.2, 0.25) is 5.91 Å². The fourth-order valence-electron chi connectivity index (χ4n) is 2.46. The van der Waals surface area contributed by atoms with Crippen LogP contribution in [-0.4, -0.2) is 5.91 Å². The van der Waals surface area contributed by atoms with Gasteiger partial charge in [-0.3, -0.25) is 4.79 Å². The van der Waals surface area contributed by atoms with Gasteiger partial charge in [0.1, 0.15) is 0 Å². The summed E-state index contributed by atoms with van der Waals surface area (Å²) < 4.78 is 0. The zero-order valence-corrected chi connectivity index (χ0v) is 9.31. The third kappa shape index (κ3) is 1.37. The van der Waals surface area contributed by atoms with Crippen molar-refractivity contribution in [3.05, 3.63) is 66.1 Å². The Morgan fingerprint density at radius 1 is 1.06 bits per heavy atom. The molecule has 2 N–H and O–H groups in total. The predicted molar refractivity (Wildman–Crippen MR) is 67.6 cm³/mol. The molecule has 2 nitrogen and oxygen atoms in total. The third-order valence-electron chi connectivity index (χ3n) is 3.34. The Balaban J connectivity index is 2.24. The maximum atomic E-state index is 11.2. The lowest BCUT2D eigenvalue weighted by Crippen LogP contribution is -2.11. The van der Waals surface area contributed by atoms with Gasteiger partial charge in [-0.15, -0.1) is 0 Å². The molecule has 0 spiro atoms. The van der Waals surface area contributed by atoms with Gasteiger partial charge in [-0.1, -0.05) is 30.3 Å². The van der Waals surface area contributed by atoms with Crippen molar-refractivity contribution >= 4 is 5.91 Å². The molecule has 0 heterocycles. The molecule has 1 amide bonds. The first-order chi connectivity index (χ1) is 8.18. The molecule has 0 saturated heterocycles. The molecule has 1 unspecified atom stereocenters. The number of hydrogen-bond acceptors (Lipinski definition) is 1. The van der Waals surface area contributed by atoms with Crippen LogP contribution in [0.5, 0.6) is 0 Å². The van der Waals surface area contributed by atoms with Gasteiger partial charge in [-0.25, -0.2) is 0 Å². The molecule has 1 radical (unpaired) electrons. The Labute approximate surface area is 100 Å². The zero-order chi connectivity index (χ0) is 12.0. The predicted octanol–water partition coefficient (Wildman–Crippen LogP) is 2.73. The highest BCUT2D eigenvalue weighted by Gasteiger charge is 2.25. The molecule has 0 aromatic heterocycles. The second kappa shape index (κ2) is 3.45. The monoisotopic (exact) mass is 222 g/mol. The van der Waals surface area contributed by atoms with Crippen LogP contribution in [-0.2, 0) is 0 Å². The Hall–Kier alpha value is -2.09. The van der Waals surface area contributed by atoms with Crippen molar-refractivity contribution in [3.63, 3.8) is 0 Å². The standard InChI is InChI=1S/C15H12NO/c1-9-11-4-2-3-5-12(11)13-7-6-10(15(16)17)8-14(9)13/h2-9H,1H2,(H2,16,17). The van der Waals surface area contributed by atoms with Crippen molar-refractivity contribution < 1.29 is 4.79 Å². The summed E-state index contributed by atoms with van der Waals surface area (Å²) in [7, 11) is 0. The molecule has 17 heavy (non-hydrogen) atoms. The maximum absolute atomic E-state index is 11.2. The molecule has 0 fully saturated rings. The highest BCUT2D eigenvalue weighted by molar-refractivity contribution is 5.94. The summed E-state index contributed by atoms with van der Waals surface area (Å²) in [5.74, 6) is -0.309. The van der Waals surface area contributed by atoms with E-state index in [1.807, 2.05) is 24.3 Å².